The van der Waals surface area contributed by atoms with Crippen molar-refractivity contribution in [2.75, 3.05) is 32.6 Å². The molecule has 1 aromatic rings. The zero-order valence-electron chi connectivity index (χ0n) is 14.9. The fourth-order valence-corrected chi connectivity index (χ4v) is 3.10. The molecule has 0 radical (unpaired) electrons. The summed E-state index contributed by atoms with van der Waals surface area (Å²) >= 11 is 0. The van der Waals surface area contributed by atoms with Gasteiger partial charge in [-0.25, -0.2) is 9.59 Å². The number of quaternary nitrogens is 1. The van der Waals surface area contributed by atoms with Gasteiger partial charge in [0.05, 0.1) is 43.6 Å². The Morgan fingerprint density at radius 1 is 1.16 bits per heavy atom. The molecule has 7 heteroatoms. The molecule has 1 aliphatic heterocycles. The Hall–Kier alpha value is -2.41. The van der Waals surface area contributed by atoms with Crippen LogP contribution in [-0.2, 0) is 14.3 Å². The minimum Gasteiger partial charge on any atom is -0.465 e. The summed E-state index contributed by atoms with van der Waals surface area (Å²) in [4.78, 5) is 37.3. The van der Waals surface area contributed by atoms with Crippen LogP contribution in [0, 0.1) is 0 Å². The van der Waals surface area contributed by atoms with Gasteiger partial charge in [0.25, 0.3) is 5.91 Å². The van der Waals surface area contributed by atoms with Gasteiger partial charge in [-0.3, -0.25) is 4.79 Å². The molecule has 1 amide bonds. The Labute approximate surface area is 147 Å². The lowest BCUT2D eigenvalue weighted by Gasteiger charge is -2.29. The van der Waals surface area contributed by atoms with Crippen LogP contribution in [0.5, 0.6) is 0 Å². The number of piperidine rings is 1. The Balaban J connectivity index is 2.18. The van der Waals surface area contributed by atoms with Crippen molar-refractivity contribution in [3.8, 4) is 0 Å². The van der Waals surface area contributed by atoms with Crippen LogP contribution in [0.15, 0.2) is 18.2 Å². The molecule has 1 unspecified atom stereocenters. The van der Waals surface area contributed by atoms with E-state index < -0.39 is 11.9 Å². The molecule has 1 fully saturated rings. The SMILES string of the molecule is COC(=O)c1ccc(C(=O)OC)c(NC(=O)C[NH+]2CCCC[C@H]2C)c1. The summed E-state index contributed by atoms with van der Waals surface area (Å²) in [6.07, 6.45) is 3.41. The topological polar surface area (TPSA) is 86.1 Å². The van der Waals surface area contributed by atoms with E-state index in [-0.39, 0.29) is 22.7 Å². The van der Waals surface area contributed by atoms with Gasteiger partial charge in [0.2, 0.25) is 0 Å². The van der Waals surface area contributed by atoms with Gasteiger partial charge < -0.3 is 19.7 Å². The number of esters is 2. The molecule has 1 aliphatic rings. The second kappa shape index (κ2) is 8.62. The van der Waals surface area contributed by atoms with Crippen molar-refractivity contribution in [1.29, 1.82) is 0 Å². The van der Waals surface area contributed by atoms with Gasteiger partial charge in [-0.2, -0.15) is 0 Å². The lowest BCUT2D eigenvalue weighted by atomic mass is 10.0. The second-order valence-electron chi connectivity index (χ2n) is 6.27. The maximum Gasteiger partial charge on any atom is 0.339 e. The van der Waals surface area contributed by atoms with Crippen LogP contribution in [0.3, 0.4) is 0 Å². The van der Waals surface area contributed by atoms with E-state index in [1.54, 1.807) is 0 Å². The van der Waals surface area contributed by atoms with E-state index in [0.717, 1.165) is 19.4 Å². The second-order valence-corrected chi connectivity index (χ2v) is 6.27. The summed E-state index contributed by atoms with van der Waals surface area (Å²) in [7, 11) is 2.54. The number of ether oxygens (including phenoxy) is 2. The third-order valence-electron chi connectivity index (χ3n) is 4.59. The normalized spacial score (nSPS) is 19.8. The van der Waals surface area contributed by atoms with Crippen molar-refractivity contribution in [3.05, 3.63) is 29.3 Å². The molecule has 7 nitrogen and oxygen atoms in total. The fourth-order valence-electron chi connectivity index (χ4n) is 3.10. The average Bonchev–Trinajstić information content (AvgIpc) is 2.62. The van der Waals surface area contributed by atoms with Crippen molar-refractivity contribution < 1.29 is 28.8 Å². The van der Waals surface area contributed by atoms with Crippen LogP contribution in [0.1, 0.15) is 46.9 Å². The summed E-state index contributed by atoms with van der Waals surface area (Å²) in [5.74, 6) is -1.32. The van der Waals surface area contributed by atoms with E-state index >= 15 is 0 Å². The first-order valence-electron chi connectivity index (χ1n) is 8.41. The maximum absolute atomic E-state index is 12.4. The first kappa shape index (κ1) is 18.9. The molecule has 1 saturated heterocycles. The number of hydrogen-bond donors (Lipinski definition) is 2. The van der Waals surface area contributed by atoms with Crippen LogP contribution in [0.4, 0.5) is 5.69 Å². The van der Waals surface area contributed by atoms with E-state index in [4.69, 9.17) is 4.74 Å². The molecule has 136 valence electrons. The number of likely N-dealkylation sites (tertiary alicyclic amines) is 1. The highest BCUT2D eigenvalue weighted by Crippen LogP contribution is 2.19. The van der Waals surface area contributed by atoms with Crippen molar-refractivity contribution in [1.82, 2.24) is 0 Å². The number of methoxy groups -OCH3 is 2. The minimum absolute atomic E-state index is 0.198. The van der Waals surface area contributed by atoms with Gasteiger partial charge in [0.15, 0.2) is 6.54 Å². The van der Waals surface area contributed by atoms with E-state index in [1.165, 1.54) is 43.7 Å². The van der Waals surface area contributed by atoms with Gasteiger partial charge in [0.1, 0.15) is 0 Å². The number of hydrogen-bond acceptors (Lipinski definition) is 5. The highest BCUT2D eigenvalue weighted by molar-refractivity contribution is 6.03. The fraction of sp³-hybridized carbons (Fsp3) is 0.500. The molecule has 1 aromatic carbocycles. The first-order valence-corrected chi connectivity index (χ1v) is 8.41. The molecule has 0 spiro atoms. The smallest absolute Gasteiger partial charge is 0.339 e. The van der Waals surface area contributed by atoms with Crippen LogP contribution in [-0.4, -0.2) is 51.2 Å². The number of benzene rings is 1. The van der Waals surface area contributed by atoms with E-state index in [1.807, 2.05) is 0 Å². The monoisotopic (exact) mass is 349 g/mol. The largest absolute Gasteiger partial charge is 0.465 e. The summed E-state index contributed by atoms with van der Waals surface area (Å²) in [5, 5.41) is 2.74. The molecule has 2 rings (SSSR count). The van der Waals surface area contributed by atoms with Gasteiger partial charge >= 0.3 is 11.9 Å². The molecule has 0 aliphatic carbocycles. The molecule has 2 N–H and O–H groups in total. The highest BCUT2D eigenvalue weighted by Gasteiger charge is 2.25. The van der Waals surface area contributed by atoms with Crippen molar-refractivity contribution in [3.63, 3.8) is 0 Å². The van der Waals surface area contributed by atoms with E-state index in [0.29, 0.717) is 12.6 Å². The van der Waals surface area contributed by atoms with Crippen LogP contribution in [0.25, 0.3) is 0 Å². The number of nitrogens with one attached hydrogen (secondary N) is 2. The van der Waals surface area contributed by atoms with Gasteiger partial charge in [0, 0.05) is 0 Å². The Morgan fingerprint density at radius 2 is 1.88 bits per heavy atom. The Morgan fingerprint density at radius 3 is 2.52 bits per heavy atom. The van der Waals surface area contributed by atoms with Crippen LogP contribution >= 0.6 is 0 Å². The van der Waals surface area contributed by atoms with Crippen molar-refractivity contribution in [2.24, 2.45) is 0 Å². The average molecular weight is 349 g/mol. The Bertz CT molecular complexity index is 659. The molecule has 1 heterocycles. The van der Waals surface area contributed by atoms with Crippen molar-refractivity contribution >= 4 is 23.5 Å². The number of rotatable bonds is 5. The van der Waals surface area contributed by atoms with Crippen molar-refractivity contribution in [2.45, 2.75) is 32.2 Å². The zero-order valence-corrected chi connectivity index (χ0v) is 14.9. The minimum atomic E-state index is -0.578. The predicted molar refractivity (Wildman–Crippen MR) is 91.8 cm³/mol. The number of carbonyl (C=O) groups is 3. The Kier molecular flexibility index (Phi) is 6.52. The molecule has 25 heavy (non-hydrogen) atoms. The summed E-state index contributed by atoms with van der Waals surface area (Å²) in [5.41, 5.74) is 0.707. The molecule has 0 saturated carbocycles. The van der Waals surface area contributed by atoms with Crippen LogP contribution < -0.4 is 10.2 Å². The third-order valence-corrected chi connectivity index (χ3v) is 4.59. The zero-order chi connectivity index (χ0) is 18.4. The number of anilines is 1. The van der Waals surface area contributed by atoms with E-state index in [2.05, 4.69) is 17.0 Å². The van der Waals surface area contributed by atoms with E-state index in [9.17, 15) is 14.4 Å². The van der Waals surface area contributed by atoms with Gasteiger partial charge in [-0.05, 0) is 44.4 Å². The predicted octanol–water partition coefficient (Wildman–Crippen LogP) is 0.656. The summed E-state index contributed by atoms with van der Waals surface area (Å²) in [6.45, 7) is 3.42. The first-order chi connectivity index (χ1) is 12.0. The highest BCUT2D eigenvalue weighted by atomic mass is 16.5. The molecular formula is C18H25N2O5+. The third kappa shape index (κ3) is 4.79. The summed E-state index contributed by atoms with van der Waals surface area (Å²) in [6, 6.07) is 4.78. The molecular weight excluding hydrogens is 324 g/mol. The number of carbonyl (C=O) groups excluding carboxylic acids is 3. The molecule has 0 bridgehead atoms. The molecule has 0 aromatic heterocycles. The quantitative estimate of drug-likeness (QED) is 0.763. The lowest BCUT2D eigenvalue weighted by Crippen LogP contribution is -3.17. The summed E-state index contributed by atoms with van der Waals surface area (Å²) < 4.78 is 9.43. The lowest BCUT2D eigenvalue weighted by molar-refractivity contribution is -0.920. The maximum atomic E-state index is 12.4. The van der Waals surface area contributed by atoms with Gasteiger partial charge in [-0.1, -0.05) is 0 Å². The standard InChI is InChI=1S/C18H24N2O5/c1-12-6-4-5-9-20(12)11-16(21)19-15-10-13(17(22)24-2)7-8-14(15)18(23)25-3/h7-8,10,12H,4-6,9,11H2,1-3H3,(H,19,21)/p+1/t12-/m1/s1. The van der Waals surface area contributed by atoms with Gasteiger partial charge in [-0.15, -0.1) is 0 Å². The number of amides is 1. The molecule has 2 atom stereocenters. The van der Waals surface area contributed by atoms with Crippen LogP contribution in [0.2, 0.25) is 0 Å².